The molecule has 2 aliphatic carbocycles. The number of fused-ring (bicyclic) bond motifs is 1. The minimum atomic E-state index is 0.138. The predicted octanol–water partition coefficient (Wildman–Crippen LogP) is 3.35. The molecule has 0 saturated heterocycles. The third-order valence-corrected chi connectivity index (χ3v) is 3.79. The molecule has 3 heteroatoms. The van der Waals surface area contributed by atoms with Crippen LogP contribution in [-0.2, 0) is 4.74 Å². The average Bonchev–Trinajstić information content (AvgIpc) is 2.57. The first kappa shape index (κ1) is 10.5. The second kappa shape index (κ2) is 4.23. The van der Waals surface area contributed by atoms with Gasteiger partial charge in [0, 0.05) is 0 Å². The second-order valence-corrected chi connectivity index (χ2v) is 5.40. The molecule has 78 valence electrons. The smallest absolute Gasteiger partial charge is 0.217 e. The zero-order valence-electron chi connectivity index (χ0n) is 8.24. The fraction of sp³-hybridized carbons (Fsp3) is 0.727. The zero-order chi connectivity index (χ0) is 10.1. The third-order valence-electron chi connectivity index (χ3n) is 3.59. The SMILES string of the molecule is C=C1C2CCCC2CC[C@@H]1OC(=S)S. The van der Waals surface area contributed by atoms with Gasteiger partial charge in [-0.2, -0.15) is 0 Å². The average molecular weight is 228 g/mol. The second-order valence-electron chi connectivity index (χ2n) is 4.32. The van der Waals surface area contributed by atoms with Gasteiger partial charge in [0.2, 0.25) is 4.38 Å². The molecule has 0 aromatic carbocycles. The molecule has 0 aliphatic heterocycles. The van der Waals surface area contributed by atoms with Crippen LogP contribution in [0.5, 0.6) is 0 Å². The summed E-state index contributed by atoms with van der Waals surface area (Å²) < 4.78 is 5.86. The molecule has 0 aromatic heterocycles. The number of rotatable bonds is 1. The fourth-order valence-corrected chi connectivity index (χ4v) is 3.16. The Hall–Kier alpha value is -0.0200. The molecule has 0 radical (unpaired) electrons. The molecule has 0 spiro atoms. The lowest BCUT2D eigenvalue weighted by Gasteiger charge is -2.34. The van der Waals surface area contributed by atoms with E-state index in [-0.39, 0.29) is 6.10 Å². The van der Waals surface area contributed by atoms with Crippen molar-refractivity contribution in [1.29, 1.82) is 0 Å². The van der Waals surface area contributed by atoms with Gasteiger partial charge in [-0.3, -0.25) is 0 Å². The van der Waals surface area contributed by atoms with Crippen LogP contribution in [0.2, 0.25) is 0 Å². The van der Waals surface area contributed by atoms with Crippen LogP contribution < -0.4 is 0 Å². The Kier molecular flexibility index (Phi) is 3.17. The van der Waals surface area contributed by atoms with Gasteiger partial charge in [0.25, 0.3) is 0 Å². The number of hydrogen-bond donors (Lipinski definition) is 1. The van der Waals surface area contributed by atoms with Crippen LogP contribution in [0.15, 0.2) is 12.2 Å². The summed E-state index contributed by atoms with van der Waals surface area (Å²) in [6.07, 6.45) is 6.50. The van der Waals surface area contributed by atoms with Gasteiger partial charge in [-0.1, -0.05) is 25.6 Å². The maximum absolute atomic E-state index is 5.51. The van der Waals surface area contributed by atoms with Gasteiger partial charge in [-0.25, -0.2) is 0 Å². The van der Waals surface area contributed by atoms with Crippen LogP contribution in [0.3, 0.4) is 0 Å². The van der Waals surface area contributed by atoms with Gasteiger partial charge >= 0.3 is 0 Å². The maximum atomic E-state index is 5.51. The van der Waals surface area contributed by atoms with E-state index in [9.17, 15) is 0 Å². The minimum Gasteiger partial charge on any atom is -0.471 e. The molecule has 0 heterocycles. The summed E-state index contributed by atoms with van der Waals surface area (Å²) in [4.78, 5) is 0. The molecule has 2 saturated carbocycles. The highest BCUT2D eigenvalue weighted by atomic mass is 32.1. The van der Waals surface area contributed by atoms with Crippen molar-refractivity contribution in [3.63, 3.8) is 0 Å². The molecular formula is C11H16OS2. The van der Waals surface area contributed by atoms with Crippen molar-refractivity contribution in [1.82, 2.24) is 0 Å². The summed E-state index contributed by atoms with van der Waals surface area (Å²) in [5.41, 5.74) is 1.26. The standard InChI is InChI=1S/C11H16OS2/c1-7-9-4-2-3-8(9)5-6-10(7)12-11(13)14/h8-10H,1-6H2,(H,13,14)/t8?,9?,10-/m0/s1. The topological polar surface area (TPSA) is 9.23 Å². The molecule has 0 N–H and O–H groups in total. The summed E-state index contributed by atoms with van der Waals surface area (Å²) in [5, 5.41) is 0. The Morgan fingerprint density at radius 1 is 1.36 bits per heavy atom. The van der Waals surface area contributed by atoms with Crippen molar-refractivity contribution in [2.24, 2.45) is 11.8 Å². The van der Waals surface area contributed by atoms with Crippen molar-refractivity contribution < 1.29 is 4.74 Å². The van der Waals surface area contributed by atoms with E-state index in [2.05, 4.69) is 19.2 Å². The van der Waals surface area contributed by atoms with Crippen LogP contribution >= 0.6 is 24.8 Å². The summed E-state index contributed by atoms with van der Waals surface area (Å²) >= 11 is 8.86. The van der Waals surface area contributed by atoms with E-state index in [1.165, 1.54) is 31.3 Å². The predicted molar refractivity (Wildman–Crippen MR) is 65.7 cm³/mol. The van der Waals surface area contributed by atoms with Crippen LogP contribution in [0.1, 0.15) is 32.1 Å². The number of ether oxygens (including phenoxy) is 1. The molecule has 2 fully saturated rings. The molecule has 0 amide bonds. The van der Waals surface area contributed by atoms with E-state index in [1.807, 2.05) is 0 Å². The van der Waals surface area contributed by atoms with Crippen LogP contribution in [0.25, 0.3) is 0 Å². The minimum absolute atomic E-state index is 0.138. The Bertz CT molecular complexity index is 262. The quantitative estimate of drug-likeness (QED) is 0.419. The van der Waals surface area contributed by atoms with Gasteiger partial charge in [-0.05, 0) is 55.3 Å². The maximum Gasteiger partial charge on any atom is 0.217 e. The summed E-state index contributed by atoms with van der Waals surface area (Å²) in [7, 11) is 0. The van der Waals surface area contributed by atoms with Crippen LogP contribution in [0, 0.1) is 11.8 Å². The first-order chi connectivity index (χ1) is 6.68. The largest absolute Gasteiger partial charge is 0.471 e. The van der Waals surface area contributed by atoms with E-state index in [1.54, 1.807) is 0 Å². The summed E-state index contributed by atoms with van der Waals surface area (Å²) in [6, 6.07) is 0. The molecule has 14 heavy (non-hydrogen) atoms. The highest BCUT2D eigenvalue weighted by molar-refractivity contribution is 8.10. The first-order valence-corrected chi connectivity index (χ1v) is 6.12. The van der Waals surface area contributed by atoms with Gasteiger partial charge in [0.15, 0.2) is 0 Å². The Balaban J connectivity index is 2.02. The summed E-state index contributed by atoms with van der Waals surface area (Å²) in [6.45, 7) is 4.17. The van der Waals surface area contributed by atoms with Gasteiger partial charge in [0.05, 0.1) is 0 Å². The Morgan fingerprint density at radius 3 is 2.86 bits per heavy atom. The molecule has 1 nitrogen and oxygen atoms in total. The normalized spacial score (nSPS) is 36.6. The van der Waals surface area contributed by atoms with Crippen molar-refractivity contribution in [2.75, 3.05) is 0 Å². The van der Waals surface area contributed by atoms with E-state index >= 15 is 0 Å². The molecule has 3 atom stereocenters. The van der Waals surface area contributed by atoms with E-state index in [4.69, 9.17) is 17.0 Å². The van der Waals surface area contributed by atoms with E-state index in [0.717, 1.165) is 12.3 Å². The number of thiocarbonyl (C=S) groups is 1. The van der Waals surface area contributed by atoms with Crippen molar-refractivity contribution in [3.05, 3.63) is 12.2 Å². The van der Waals surface area contributed by atoms with Crippen LogP contribution in [0.4, 0.5) is 0 Å². The highest BCUT2D eigenvalue weighted by Crippen LogP contribution is 2.45. The van der Waals surface area contributed by atoms with Gasteiger partial charge in [-0.15, -0.1) is 0 Å². The molecule has 2 rings (SSSR count). The zero-order valence-corrected chi connectivity index (χ0v) is 9.95. The van der Waals surface area contributed by atoms with Crippen molar-refractivity contribution in [2.45, 2.75) is 38.2 Å². The van der Waals surface area contributed by atoms with Crippen LogP contribution in [-0.4, -0.2) is 10.5 Å². The highest BCUT2D eigenvalue weighted by Gasteiger charge is 2.37. The summed E-state index contributed by atoms with van der Waals surface area (Å²) in [5.74, 6) is 1.56. The monoisotopic (exact) mass is 228 g/mol. The van der Waals surface area contributed by atoms with Gasteiger partial charge in [0.1, 0.15) is 6.10 Å². The lowest BCUT2D eigenvalue weighted by Crippen LogP contribution is -2.29. The van der Waals surface area contributed by atoms with E-state index < -0.39 is 0 Å². The third kappa shape index (κ3) is 1.98. The fourth-order valence-electron chi connectivity index (χ4n) is 2.92. The molecular weight excluding hydrogens is 212 g/mol. The number of thiol groups is 1. The Morgan fingerprint density at radius 2 is 2.14 bits per heavy atom. The van der Waals surface area contributed by atoms with Crippen molar-refractivity contribution in [3.8, 4) is 0 Å². The number of hydrogen-bond acceptors (Lipinski definition) is 2. The van der Waals surface area contributed by atoms with Crippen molar-refractivity contribution >= 4 is 29.2 Å². The van der Waals surface area contributed by atoms with E-state index in [0.29, 0.717) is 10.3 Å². The molecule has 2 unspecified atom stereocenters. The molecule has 0 aromatic rings. The lowest BCUT2D eigenvalue weighted by molar-refractivity contribution is 0.160. The molecule has 0 bridgehead atoms. The molecule has 2 aliphatic rings. The van der Waals surface area contributed by atoms with Gasteiger partial charge < -0.3 is 4.74 Å². The first-order valence-electron chi connectivity index (χ1n) is 5.26. The Labute approximate surface area is 96.3 Å². The lowest BCUT2D eigenvalue weighted by atomic mass is 9.77.